The number of benzene rings is 1. The van der Waals surface area contributed by atoms with Gasteiger partial charge in [-0.3, -0.25) is 0 Å². The summed E-state index contributed by atoms with van der Waals surface area (Å²) in [5.41, 5.74) is 0.0227. The molecule has 1 rings (SSSR count). The first-order valence-corrected chi connectivity index (χ1v) is 6.27. The maximum atomic E-state index is 11.7. The maximum absolute atomic E-state index is 11.7. The van der Waals surface area contributed by atoms with E-state index in [1.807, 2.05) is 20.8 Å². The molecule has 0 heterocycles. The van der Waals surface area contributed by atoms with E-state index in [0.29, 0.717) is 5.02 Å². The van der Waals surface area contributed by atoms with Gasteiger partial charge in [0.1, 0.15) is 5.75 Å². The summed E-state index contributed by atoms with van der Waals surface area (Å²) in [4.78, 5) is 11.7. The highest BCUT2D eigenvalue weighted by atomic mass is 35.5. The zero-order valence-electron chi connectivity index (χ0n) is 11.4. The molecule has 1 unspecified atom stereocenters. The Morgan fingerprint density at radius 1 is 1.37 bits per heavy atom. The average Bonchev–Trinajstić information content (AvgIpc) is 2.19. The molecule has 6 heteroatoms. The van der Waals surface area contributed by atoms with Crippen LogP contribution >= 0.6 is 11.6 Å². The monoisotopic (exact) mass is 286 g/mol. The van der Waals surface area contributed by atoms with Crippen LogP contribution in [0.4, 0.5) is 10.5 Å². The van der Waals surface area contributed by atoms with Crippen molar-refractivity contribution in [3.8, 4) is 5.75 Å². The Bertz CT molecular complexity index is 482. The summed E-state index contributed by atoms with van der Waals surface area (Å²) < 4.78 is 0. The Morgan fingerprint density at radius 3 is 2.42 bits per heavy atom. The van der Waals surface area contributed by atoms with E-state index < -0.39 is 17.7 Å². The van der Waals surface area contributed by atoms with Crippen LogP contribution in [-0.4, -0.2) is 21.8 Å². The van der Waals surface area contributed by atoms with Gasteiger partial charge in [-0.25, -0.2) is 4.79 Å². The molecule has 0 aliphatic carbocycles. The molecule has 1 aromatic rings. The number of anilines is 1. The molecule has 4 N–H and O–H groups in total. The summed E-state index contributed by atoms with van der Waals surface area (Å²) in [6, 6.07) is 2.42. The van der Waals surface area contributed by atoms with E-state index in [0.717, 1.165) is 0 Å². The van der Waals surface area contributed by atoms with Crippen molar-refractivity contribution in [3.63, 3.8) is 0 Å². The minimum atomic E-state index is -0.884. The molecule has 1 aromatic carbocycles. The minimum absolute atomic E-state index is 0.158. The van der Waals surface area contributed by atoms with Gasteiger partial charge in [-0.1, -0.05) is 11.6 Å². The molecule has 0 fully saturated rings. The lowest BCUT2D eigenvalue weighted by atomic mass is 10.1. The van der Waals surface area contributed by atoms with Crippen LogP contribution in [0.3, 0.4) is 0 Å². The standard InChI is InChI=1S/C13H19ClN2O3/c1-7(17)9-5-8(14)6-10(11(9)18)15-12(19)16-13(2,3)4/h5-7,17-18H,1-4H3,(H2,15,16,19). The van der Waals surface area contributed by atoms with Crippen molar-refractivity contribution in [3.05, 3.63) is 22.7 Å². The van der Waals surface area contributed by atoms with Crippen LogP contribution in [0.5, 0.6) is 5.75 Å². The van der Waals surface area contributed by atoms with Crippen LogP contribution < -0.4 is 10.6 Å². The summed E-state index contributed by atoms with van der Waals surface area (Å²) in [6.45, 7) is 7.02. The number of nitrogens with one attached hydrogen (secondary N) is 2. The zero-order valence-corrected chi connectivity index (χ0v) is 12.2. The Balaban J connectivity index is 2.99. The number of phenolic OH excluding ortho intramolecular Hbond substituents is 1. The number of hydrogen-bond acceptors (Lipinski definition) is 3. The fraction of sp³-hybridized carbons (Fsp3) is 0.462. The fourth-order valence-electron chi connectivity index (χ4n) is 1.53. The van der Waals surface area contributed by atoms with E-state index in [1.54, 1.807) is 0 Å². The molecule has 0 saturated heterocycles. The van der Waals surface area contributed by atoms with E-state index >= 15 is 0 Å². The second kappa shape index (κ2) is 5.67. The molecule has 1 atom stereocenters. The molecule has 0 radical (unpaired) electrons. The number of rotatable bonds is 2. The minimum Gasteiger partial charge on any atom is -0.505 e. The van der Waals surface area contributed by atoms with Crippen molar-refractivity contribution < 1.29 is 15.0 Å². The number of carbonyl (C=O) groups is 1. The van der Waals surface area contributed by atoms with Gasteiger partial charge in [-0.15, -0.1) is 0 Å². The Kier molecular flexibility index (Phi) is 4.66. The first-order chi connectivity index (χ1) is 8.60. The number of carbonyl (C=O) groups excluding carboxylic acids is 1. The molecule has 0 bridgehead atoms. The third-order valence-corrected chi connectivity index (χ3v) is 2.51. The molecule has 0 aliphatic rings. The summed E-state index contributed by atoms with van der Waals surface area (Å²) in [6.07, 6.45) is -0.884. The predicted molar refractivity (Wildman–Crippen MR) is 75.7 cm³/mol. The molecule has 5 nitrogen and oxygen atoms in total. The highest BCUT2D eigenvalue weighted by molar-refractivity contribution is 6.31. The first-order valence-electron chi connectivity index (χ1n) is 5.90. The van der Waals surface area contributed by atoms with E-state index in [4.69, 9.17) is 11.6 Å². The van der Waals surface area contributed by atoms with E-state index in [-0.39, 0.29) is 17.0 Å². The number of halogens is 1. The summed E-state index contributed by atoms with van der Waals surface area (Å²) in [7, 11) is 0. The van der Waals surface area contributed by atoms with Crippen LogP contribution in [0.25, 0.3) is 0 Å². The van der Waals surface area contributed by atoms with Crippen molar-refractivity contribution in [2.45, 2.75) is 39.3 Å². The Hall–Kier alpha value is -1.46. The van der Waals surface area contributed by atoms with Crippen molar-refractivity contribution in [1.82, 2.24) is 5.32 Å². The van der Waals surface area contributed by atoms with Crippen molar-refractivity contribution >= 4 is 23.3 Å². The van der Waals surface area contributed by atoms with E-state index in [1.165, 1.54) is 19.1 Å². The lowest BCUT2D eigenvalue weighted by Crippen LogP contribution is -2.43. The number of phenols is 1. The van der Waals surface area contributed by atoms with Gasteiger partial charge < -0.3 is 20.8 Å². The van der Waals surface area contributed by atoms with Crippen LogP contribution in [0.1, 0.15) is 39.4 Å². The number of aliphatic hydroxyl groups excluding tert-OH is 1. The molecule has 2 amide bonds. The Labute approximate surface area is 117 Å². The van der Waals surface area contributed by atoms with Gasteiger partial charge in [0.25, 0.3) is 0 Å². The molecule has 0 spiro atoms. The first kappa shape index (κ1) is 15.6. The summed E-state index contributed by atoms with van der Waals surface area (Å²) in [5, 5.41) is 25.0. The second-order valence-electron chi connectivity index (χ2n) is 5.40. The largest absolute Gasteiger partial charge is 0.505 e. The van der Waals surface area contributed by atoms with Crippen LogP contribution in [0.15, 0.2) is 12.1 Å². The van der Waals surface area contributed by atoms with E-state index in [2.05, 4.69) is 10.6 Å². The fourth-order valence-corrected chi connectivity index (χ4v) is 1.75. The summed E-state index contributed by atoms with van der Waals surface area (Å²) in [5.74, 6) is -0.191. The highest BCUT2D eigenvalue weighted by Gasteiger charge is 2.18. The maximum Gasteiger partial charge on any atom is 0.319 e. The van der Waals surface area contributed by atoms with Gasteiger partial charge in [0, 0.05) is 16.1 Å². The van der Waals surface area contributed by atoms with Gasteiger partial charge in [0.05, 0.1) is 11.8 Å². The van der Waals surface area contributed by atoms with Crippen LogP contribution in [-0.2, 0) is 0 Å². The number of aliphatic hydroxyl groups is 1. The van der Waals surface area contributed by atoms with Gasteiger partial charge in [-0.2, -0.15) is 0 Å². The second-order valence-corrected chi connectivity index (χ2v) is 5.83. The third-order valence-electron chi connectivity index (χ3n) is 2.29. The zero-order chi connectivity index (χ0) is 14.8. The molecular weight excluding hydrogens is 268 g/mol. The highest BCUT2D eigenvalue weighted by Crippen LogP contribution is 2.35. The molecule has 0 aliphatic heterocycles. The lowest BCUT2D eigenvalue weighted by Gasteiger charge is -2.21. The topological polar surface area (TPSA) is 81.6 Å². The van der Waals surface area contributed by atoms with Crippen molar-refractivity contribution in [2.24, 2.45) is 0 Å². The van der Waals surface area contributed by atoms with Crippen molar-refractivity contribution in [1.29, 1.82) is 0 Å². The van der Waals surface area contributed by atoms with Crippen LogP contribution in [0, 0.1) is 0 Å². The molecule has 106 valence electrons. The number of hydrogen-bond donors (Lipinski definition) is 4. The van der Waals surface area contributed by atoms with Crippen LogP contribution in [0.2, 0.25) is 5.02 Å². The molecule has 0 saturated carbocycles. The predicted octanol–water partition coefficient (Wildman–Crippen LogP) is 3.02. The number of urea groups is 1. The SMILES string of the molecule is CC(O)c1cc(Cl)cc(NC(=O)NC(C)(C)C)c1O. The van der Waals surface area contributed by atoms with Gasteiger partial charge in [0.2, 0.25) is 0 Å². The third kappa shape index (κ3) is 4.61. The normalized spacial score (nSPS) is 12.9. The number of amides is 2. The van der Waals surface area contributed by atoms with Gasteiger partial charge in [-0.05, 0) is 39.8 Å². The van der Waals surface area contributed by atoms with Gasteiger partial charge in [0.15, 0.2) is 0 Å². The van der Waals surface area contributed by atoms with E-state index in [9.17, 15) is 15.0 Å². The lowest BCUT2D eigenvalue weighted by molar-refractivity contribution is 0.195. The van der Waals surface area contributed by atoms with Crippen molar-refractivity contribution in [2.75, 3.05) is 5.32 Å². The summed E-state index contributed by atoms with van der Waals surface area (Å²) >= 11 is 5.89. The number of aromatic hydroxyl groups is 1. The molecule has 19 heavy (non-hydrogen) atoms. The Morgan fingerprint density at radius 2 is 1.95 bits per heavy atom. The average molecular weight is 287 g/mol. The molecule has 0 aromatic heterocycles. The smallest absolute Gasteiger partial charge is 0.319 e. The quantitative estimate of drug-likeness (QED) is 0.631. The van der Waals surface area contributed by atoms with Gasteiger partial charge >= 0.3 is 6.03 Å². The molecular formula is C13H19ClN2O3.